The summed E-state index contributed by atoms with van der Waals surface area (Å²) in [5, 5.41) is 2.44. The average Bonchev–Trinajstić information content (AvgIpc) is 3.46. The molecule has 0 bridgehead atoms. The maximum atomic E-state index is 6.62. The van der Waals surface area contributed by atoms with Gasteiger partial charge in [-0.2, -0.15) is 0 Å². The zero-order valence-electron chi connectivity index (χ0n) is 25.8. The number of nitrogens with zero attached hydrogens (tertiary/aromatic N) is 3. The zero-order chi connectivity index (χ0) is 31.7. The van der Waals surface area contributed by atoms with Gasteiger partial charge in [0.2, 0.25) is 0 Å². The van der Waals surface area contributed by atoms with Crippen LogP contribution in [-0.4, -0.2) is 15.0 Å². The summed E-state index contributed by atoms with van der Waals surface area (Å²) in [5.41, 5.74) is 9.36. The lowest BCUT2D eigenvalue weighted by molar-refractivity contribution is 0.437. The molecule has 0 radical (unpaired) electrons. The highest BCUT2D eigenvalue weighted by atomic mass is 16.5. The number of hydrogen-bond donors (Lipinski definition) is 0. The Kier molecular flexibility index (Phi) is 5.75. The van der Waals surface area contributed by atoms with Gasteiger partial charge >= 0.3 is 0 Å². The second-order valence-corrected chi connectivity index (χ2v) is 12.4. The summed E-state index contributed by atoms with van der Waals surface area (Å²) >= 11 is 0. The fourth-order valence-corrected chi connectivity index (χ4v) is 7.75. The minimum atomic E-state index is -0.621. The molecule has 1 aliphatic carbocycles. The normalized spacial score (nSPS) is 13.3. The van der Waals surface area contributed by atoms with Crippen molar-refractivity contribution in [2.75, 3.05) is 0 Å². The quantitative estimate of drug-likeness (QED) is 0.199. The first-order valence-electron chi connectivity index (χ1n) is 16.2. The Balaban J connectivity index is 1.29. The summed E-state index contributed by atoms with van der Waals surface area (Å²) in [7, 11) is 0. The van der Waals surface area contributed by atoms with E-state index in [1.54, 1.807) is 0 Å². The summed E-state index contributed by atoms with van der Waals surface area (Å²) in [6, 6.07) is 57.2. The molecule has 0 unspecified atom stereocenters. The lowest BCUT2D eigenvalue weighted by Gasteiger charge is -2.40. The molecule has 0 saturated carbocycles. The van der Waals surface area contributed by atoms with Gasteiger partial charge < -0.3 is 4.74 Å². The van der Waals surface area contributed by atoms with Crippen molar-refractivity contribution in [2.45, 2.75) is 5.41 Å². The van der Waals surface area contributed by atoms with Gasteiger partial charge in [0.1, 0.15) is 11.5 Å². The van der Waals surface area contributed by atoms with E-state index in [1.165, 1.54) is 33.0 Å². The summed E-state index contributed by atoms with van der Waals surface area (Å²) in [4.78, 5) is 15.1. The highest BCUT2D eigenvalue weighted by Crippen LogP contribution is 2.63. The van der Waals surface area contributed by atoms with Gasteiger partial charge in [0, 0.05) is 27.8 Å². The van der Waals surface area contributed by atoms with Crippen LogP contribution in [0.5, 0.6) is 11.5 Å². The molecule has 8 aromatic rings. The molecule has 0 fully saturated rings. The minimum absolute atomic E-state index is 0.621. The summed E-state index contributed by atoms with van der Waals surface area (Å²) in [6.45, 7) is 0. The third kappa shape index (κ3) is 3.80. The molecule has 4 heteroatoms. The number of ether oxygens (including phenoxy) is 1. The fourth-order valence-electron chi connectivity index (χ4n) is 7.75. The van der Waals surface area contributed by atoms with Crippen LogP contribution in [0, 0.1) is 0 Å². The van der Waals surface area contributed by atoms with Gasteiger partial charge in [0.25, 0.3) is 0 Å². The topological polar surface area (TPSA) is 47.9 Å². The Labute approximate surface area is 278 Å². The maximum absolute atomic E-state index is 6.62. The predicted molar refractivity (Wildman–Crippen MR) is 191 cm³/mol. The standard InChI is InChI=1S/C44H27N3O/c1-3-14-29(15-4-1)41-45-42(30-16-5-2-6-17-30)47-43(46-41)31-24-25-33-34-26-23-28-13-7-8-18-32(28)40(34)44(37(33)27-31)35-19-9-11-21-38(35)48-39-22-12-10-20-36(39)44/h1-27H. The molecule has 4 nitrogen and oxygen atoms in total. The van der Waals surface area contributed by atoms with Crippen LogP contribution < -0.4 is 4.74 Å². The van der Waals surface area contributed by atoms with Crippen molar-refractivity contribution >= 4 is 10.8 Å². The van der Waals surface area contributed by atoms with Crippen LogP contribution in [0.15, 0.2) is 164 Å². The van der Waals surface area contributed by atoms with Gasteiger partial charge in [-0.15, -0.1) is 0 Å². The highest BCUT2D eigenvalue weighted by Gasteiger charge is 2.52. The monoisotopic (exact) mass is 613 g/mol. The van der Waals surface area contributed by atoms with E-state index in [9.17, 15) is 0 Å². The molecule has 2 aliphatic rings. The van der Waals surface area contributed by atoms with Crippen LogP contribution in [0.4, 0.5) is 0 Å². The molecule has 1 aliphatic heterocycles. The summed E-state index contributed by atoms with van der Waals surface area (Å²) in [5.74, 6) is 3.66. The van der Waals surface area contributed by atoms with Gasteiger partial charge in [0.05, 0.1) is 5.41 Å². The lowest BCUT2D eigenvalue weighted by Crippen LogP contribution is -2.32. The molecular weight excluding hydrogens is 587 g/mol. The van der Waals surface area contributed by atoms with Crippen LogP contribution in [0.1, 0.15) is 22.3 Å². The average molecular weight is 614 g/mol. The van der Waals surface area contributed by atoms with Crippen molar-refractivity contribution < 1.29 is 4.74 Å². The van der Waals surface area contributed by atoms with E-state index >= 15 is 0 Å². The molecule has 0 atom stereocenters. The molecule has 7 aromatic carbocycles. The smallest absolute Gasteiger partial charge is 0.164 e. The fraction of sp³-hybridized carbons (Fsp3) is 0.0227. The molecule has 2 heterocycles. The van der Waals surface area contributed by atoms with E-state index < -0.39 is 5.41 Å². The molecule has 0 N–H and O–H groups in total. The van der Waals surface area contributed by atoms with E-state index in [0.717, 1.165) is 39.3 Å². The van der Waals surface area contributed by atoms with Crippen LogP contribution in [0.2, 0.25) is 0 Å². The second kappa shape index (κ2) is 10.3. The first kappa shape index (κ1) is 26.8. The first-order valence-corrected chi connectivity index (χ1v) is 16.2. The SMILES string of the molecule is c1ccc(-c2nc(-c3ccccc3)nc(-c3ccc4c(c3)C3(c5ccccc5Oc5ccccc53)c3c-4ccc4ccccc34)n2)cc1. The van der Waals surface area contributed by atoms with Gasteiger partial charge in [-0.1, -0.05) is 146 Å². The van der Waals surface area contributed by atoms with Crippen molar-refractivity contribution in [2.24, 2.45) is 0 Å². The Morgan fingerprint density at radius 2 is 0.917 bits per heavy atom. The van der Waals surface area contributed by atoms with E-state index in [-0.39, 0.29) is 0 Å². The third-order valence-corrected chi connectivity index (χ3v) is 9.78. The number of benzene rings is 7. The van der Waals surface area contributed by atoms with E-state index in [1.807, 2.05) is 60.7 Å². The van der Waals surface area contributed by atoms with Gasteiger partial charge in [-0.05, 0) is 51.2 Å². The van der Waals surface area contributed by atoms with Crippen molar-refractivity contribution in [3.63, 3.8) is 0 Å². The molecule has 10 rings (SSSR count). The van der Waals surface area contributed by atoms with E-state index in [2.05, 4.69) is 103 Å². The predicted octanol–water partition coefficient (Wildman–Crippen LogP) is 10.5. The van der Waals surface area contributed by atoms with Crippen molar-refractivity contribution in [1.82, 2.24) is 15.0 Å². The molecule has 0 saturated heterocycles. The number of para-hydroxylation sites is 2. The maximum Gasteiger partial charge on any atom is 0.164 e. The van der Waals surface area contributed by atoms with Crippen molar-refractivity contribution in [1.29, 1.82) is 0 Å². The molecule has 48 heavy (non-hydrogen) atoms. The Morgan fingerprint density at radius 3 is 1.56 bits per heavy atom. The number of aromatic nitrogens is 3. The van der Waals surface area contributed by atoms with E-state index in [4.69, 9.17) is 19.7 Å². The van der Waals surface area contributed by atoms with Crippen LogP contribution in [-0.2, 0) is 5.41 Å². The third-order valence-electron chi connectivity index (χ3n) is 9.78. The van der Waals surface area contributed by atoms with Crippen molar-refractivity contribution in [3.05, 3.63) is 186 Å². The molecule has 1 aromatic heterocycles. The number of hydrogen-bond acceptors (Lipinski definition) is 4. The second-order valence-electron chi connectivity index (χ2n) is 12.4. The zero-order valence-corrected chi connectivity index (χ0v) is 25.8. The molecular formula is C44H27N3O. The highest BCUT2D eigenvalue weighted by molar-refractivity contribution is 6.01. The molecule has 224 valence electrons. The first-order chi connectivity index (χ1) is 23.8. The van der Waals surface area contributed by atoms with Crippen LogP contribution in [0.3, 0.4) is 0 Å². The summed E-state index contributed by atoms with van der Waals surface area (Å²) < 4.78 is 6.62. The van der Waals surface area contributed by atoms with Crippen LogP contribution >= 0.6 is 0 Å². The molecule has 0 amide bonds. The minimum Gasteiger partial charge on any atom is -0.457 e. The largest absolute Gasteiger partial charge is 0.457 e. The van der Waals surface area contributed by atoms with Gasteiger partial charge in [0.15, 0.2) is 17.5 Å². The number of rotatable bonds is 3. The Hall–Kier alpha value is -6.39. The molecule has 1 spiro atoms. The Morgan fingerprint density at radius 1 is 0.396 bits per heavy atom. The lowest BCUT2D eigenvalue weighted by atomic mass is 9.65. The van der Waals surface area contributed by atoms with E-state index in [0.29, 0.717) is 17.5 Å². The number of fused-ring (bicyclic) bond motifs is 11. The Bertz CT molecular complexity index is 2440. The van der Waals surface area contributed by atoms with Gasteiger partial charge in [-0.3, -0.25) is 0 Å². The van der Waals surface area contributed by atoms with Crippen molar-refractivity contribution in [3.8, 4) is 56.8 Å². The summed E-state index contributed by atoms with van der Waals surface area (Å²) in [6.07, 6.45) is 0. The van der Waals surface area contributed by atoms with Crippen LogP contribution in [0.25, 0.3) is 56.1 Å². The van der Waals surface area contributed by atoms with Gasteiger partial charge in [-0.25, -0.2) is 15.0 Å².